The predicted octanol–water partition coefficient (Wildman–Crippen LogP) is 2.92. The highest BCUT2D eigenvalue weighted by Crippen LogP contribution is 2.29. The minimum absolute atomic E-state index is 0.254. The smallest absolute Gasteiger partial charge is 0.350 e. The van der Waals surface area contributed by atoms with Gasteiger partial charge in [0.1, 0.15) is 0 Å². The molecule has 1 N–H and O–H groups in total. The van der Waals surface area contributed by atoms with E-state index in [-0.39, 0.29) is 11.5 Å². The summed E-state index contributed by atoms with van der Waals surface area (Å²) in [7, 11) is 0. The van der Waals surface area contributed by atoms with Crippen LogP contribution in [0.15, 0.2) is 24.3 Å². The van der Waals surface area contributed by atoms with Gasteiger partial charge in [0, 0.05) is 18.2 Å². The van der Waals surface area contributed by atoms with E-state index in [0.29, 0.717) is 12.6 Å². The molecule has 6 heteroatoms. The van der Waals surface area contributed by atoms with Gasteiger partial charge in [0.05, 0.1) is 5.56 Å². The lowest BCUT2D eigenvalue weighted by Gasteiger charge is -2.22. The third kappa shape index (κ3) is 3.97. The third-order valence-electron chi connectivity index (χ3n) is 3.88. The molecule has 0 aromatic heterocycles. The zero-order chi connectivity index (χ0) is 15.5. The van der Waals surface area contributed by atoms with Crippen molar-refractivity contribution in [2.24, 2.45) is 0 Å². The highest BCUT2D eigenvalue weighted by Gasteiger charge is 2.30. The number of rotatable bonds is 4. The number of nitrogens with zero attached hydrogens (tertiary/aromatic N) is 1. The van der Waals surface area contributed by atoms with Crippen LogP contribution in [-0.2, 0) is 6.18 Å². The van der Waals surface area contributed by atoms with Crippen molar-refractivity contribution in [2.75, 3.05) is 19.6 Å². The van der Waals surface area contributed by atoms with E-state index in [4.69, 9.17) is 0 Å². The second-order valence-electron chi connectivity index (χ2n) is 5.21. The molecular weight excluding hydrogens is 281 g/mol. The fourth-order valence-electron chi connectivity index (χ4n) is 2.67. The molecule has 0 saturated carbocycles. The van der Waals surface area contributed by atoms with Crippen molar-refractivity contribution in [1.82, 2.24) is 10.2 Å². The summed E-state index contributed by atoms with van der Waals surface area (Å²) in [6, 6.07) is 4.62. The number of likely N-dealkylation sites (N-methyl/N-ethyl adjacent to an activating group) is 1. The molecule has 116 valence electrons. The highest BCUT2D eigenvalue weighted by molar-refractivity contribution is 5.94. The monoisotopic (exact) mass is 300 g/mol. The Morgan fingerprint density at radius 2 is 2.00 bits per heavy atom. The molecule has 1 aliphatic rings. The largest absolute Gasteiger partial charge is 0.416 e. The van der Waals surface area contributed by atoms with Crippen molar-refractivity contribution >= 4 is 5.91 Å². The van der Waals surface area contributed by atoms with E-state index in [1.54, 1.807) is 0 Å². The van der Waals surface area contributed by atoms with E-state index in [0.717, 1.165) is 38.1 Å². The third-order valence-corrected chi connectivity index (χ3v) is 3.88. The molecule has 0 spiro atoms. The van der Waals surface area contributed by atoms with Crippen LogP contribution in [0.5, 0.6) is 0 Å². The first-order chi connectivity index (χ1) is 9.91. The Balaban J connectivity index is 1.91. The van der Waals surface area contributed by atoms with Crippen molar-refractivity contribution < 1.29 is 18.0 Å². The topological polar surface area (TPSA) is 32.3 Å². The van der Waals surface area contributed by atoms with Crippen LogP contribution in [-0.4, -0.2) is 36.5 Å². The summed E-state index contributed by atoms with van der Waals surface area (Å²) in [5, 5.41) is 2.80. The fourth-order valence-corrected chi connectivity index (χ4v) is 2.67. The van der Waals surface area contributed by atoms with Gasteiger partial charge in [-0.1, -0.05) is 6.92 Å². The number of carbonyl (C=O) groups excluding carboxylic acids is 1. The number of carbonyl (C=O) groups is 1. The van der Waals surface area contributed by atoms with Gasteiger partial charge < -0.3 is 5.32 Å². The predicted molar refractivity (Wildman–Crippen MR) is 74.0 cm³/mol. The summed E-state index contributed by atoms with van der Waals surface area (Å²) in [5.74, 6) is -0.327. The summed E-state index contributed by atoms with van der Waals surface area (Å²) < 4.78 is 37.3. The van der Waals surface area contributed by atoms with Gasteiger partial charge in [-0.15, -0.1) is 0 Å². The molecule has 3 nitrogen and oxygen atoms in total. The maximum absolute atomic E-state index is 12.4. The van der Waals surface area contributed by atoms with Gasteiger partial charge in [0.25, 0.3) is 5.91 Å². The van der Waals surface area contributed by atoms with Crippen LogP contribution in [0.25, 0.3) is 0 Å². The number of hydrogen-bond acceptors (Lipinski definition) is 2. The molecule has 1 saturated heterocycles. The zero-order valence-electron chi connectivity index (χ0n) is 11.9. The molecule has 1 aromatic rings. The Labute approximate surface area is 122 Å². The van der Waals surface area contributed by atoms with Gasteiger partial charge in [-0.2, -0.15) is 13.2 Å². The molecule has 1 heterocycles. The first-order valence-electron chi connectivity index (χ1n) is 7.11. The Kier molecular flexibility index (Phi) is 4.88. The van der Waals surface area contributed by atoms with Gasteiger partial charge in [-0.25, -0.2) is 0 Å². The average molecular weight is 300 g/mol. The van der Waals surface area contributed by atoms with Gasteiger partial charge >= 0.3 is 6.18 Å². The van der Waals surface area contributed by atoms with Gasteiger partial charge in [0.2, 0.25) is 0 Å². The standard InChI is InChI=1S/C15H19F3N2O/c1-2-20-9-3-4-13(20)10-19-14(21)11-5-7-12(8-6-11)15(16,17)18/h5-8,13H,2-4,9-10H2,1H3,(H,19,21)/t13-/m0/s1. The fraction of sp³-hybridized carbons (Fsp3) is 0.533. The van der Waals surface area contributed by atoms with Crippen molar-refractivity contribution in [3.8, 4) is 0 Å². The quantitative estimate of drug-likeness (QED) is 0.927. The molecule has 1 aromatic carbocycles. The number of benzene rings is 1. The summed E-state index contributed by atoms with van der Waals surface area (Å²) in [4.78, 5) is 14.2. The Morgan fingerprint density at radius 1 is 1.33 bits per heavy atom. The van der Waals surface area contributed by atoms with Crippen LogP contribution >= 0.6 is 0 Å². The molecular formula is C15H19F3N2O. The lowest BCUT2D eigenvalue weighted by molar-refractivity contribution is -0.137. The van der Waals surface area contributed by atoms with Crippen molar-refractivity contribution in [1.29, 1.82) is 0 Å². The van der Waals surface area contributed by atoms with Crippen LogP contribution in [0, 0.1) is 0 Å². The van der Waals surface area contributed by atoms with Crippen molar-refractivity contribution in [2.45, 2.75) is 32.0 Å². The summed E-state index contributed by atoms with van der Waals surface area (Å²) in [6.07, 6.45) is -2.21. The van der Waals surface area contributed by atoms with Crippen molar-refractivity contribution in [3.05, 3.63) is 35.4 Å². The lowest BCUT2D eigenvalue weighted by Crippen LogP contribution is -2.40. The molecule has 1 aliphatic heterocycles. The molecule has 21 heavy (non-hydrogen) atoms. The molecule has 0 unspecified atom stereocenters. The van der Waals surface area contributed by atoms with Crippen LogP contribution in [0.1, 0.15) is 35.7 Å². The van der Waals surface area contributed by atoms with E-state index in [1.807, 2.05) is 0 Å². The highest BCUT2D eigenvalue weighted by atomic mass is 19.4. The van der Waals surface area contributed by atoms with Crippen LogP contribution in [0.3, 0.4) is 0 Å². The summed E-state index contributed by atoms with van der Waals surface area (Å²) >= 11 is 0. The molecule has 0 aliphatic carbocycles. The second kappa shape index (κ2) is 6.47. The normalized spacial score (nSPS) is 19.7. The van der Waals surface area contributed by atoms with E-state index >= 15 is 0 Å². The number of alkyl halides is 3. The first-order valence-corrected chi connectivity index (χ1v) is 7.11. The molecule has 2 rings (SSSR count). The second-order valence-corrected chi connectivity index (χ2v) is 5.21. The summed E-state index contributed by atoms with van der Waals surface area (Å²) in [5.41, 5.74) is -0.490. The number of nitrogens with one attached hydrogen (secondary N) is 1. The van der Waals surface area contributed by atoms with Crippen molar-refractivity contribution in [3.63, 3.8) is 0 Å². The summed E-state index contributed by atoms with van der Waals surface area (Å²) in [6.45, 7) is 4.60. The molecule has 0 bridgehead atoms. The van der Waals surface area contributed by atoms with E-state index in [2.05, 4.69) is 17.1 Å². The zero-order valence-corrected chi connectivity index (χ0v) is 11.9. The van der Waals surface area contributed by atoms with Crippen LogP contribution in [0.2, 0.25) is 0 Å². The van der Waals surface area contributed by atoms with E-state index < -0.39 is 11.7 Å². The Morgan fingerprint density at radius 3 is 2.57 bits per heavy atom. The number of amides is 1. The van der Waals surface area contributed by atoms with Gasteiger partial charge in [0.15, 0.2) is 0 Å². The minimum Gasteiger partial charge on any atom is -0.350 e. The average Bonchev–Trinajstić information content (AvgIpc) is 2.91. The molecule has 1 atom stereocenters. The lowest BCUT2D eigenvalue weighted by atomic mass is 10.1. The Bertz CT molecular complexity index is 485. The number of likely N-dealkylation sites (tertiary alicyclic amines) is 1. The first kappa shape index (κ1) is 15.8. The van der Waals surface area contributed by atoms with E-state index in [1.165, 1.54) is 12.1 Å². The maximum atomic E-state index is 12.4. The number of hydrogen-bond donors (Lipinski definition) is 1. The Hall–Kier alpha value is -1.56. The number of halogens is 3. The van der Waals surface area contributed by atoms with Gasteiger partial charge in [-0.3, -0.25) is 9.69 Å². The molecule has 1 fully saturated rings. The molecule has 0 radical (unpaired) electrons. The van der Waals surface area contributed by atoms with Crippen LogP contribution in [0.4, 0.5) is 13.2 Å². The SMILES string of the molecule is CCN1CCC[C@H]1CNC(=O)c1ccc(C(F)(F)F)cc1. The van der Waals surface area contributed by atoms with E-state index in [9.17, 15) is 18.0 Å². The van der Waals surface area contributed by atoms with Crippen LogP contribution < -0.4 is 5.32 Å². The van der Waals surface area contributed by atoms with Gasteiger partial charge in [-0.05, 0) is 50.2 Å². The molecule has 1 amide bonds. The maximum Gasteiger partial charge on any atom is 0.416 e. The minimum atomic E-state index is -4.37.